The van der Waals surface area contributed by atoms with Crippen LogP contribution in [0, 0.1) is 12.7 Å². The van der Waals surface area contributed by atoms with Crippen molar-refractivity contribution in [1.29, 1.82) is 0 Å². The first-order chi connectivity index (χ1) is 14.9. The van der Waals surface area contributed by atoms with E-state index < -0.39 is 5.54 Å². The van der Waals surface area contributed by atoms with Gasteiger partial charge in [0.15, 0.2) is 5.82 Å². The molecule has 3 N–H and O–H groups in total. The second-order valence-electron chi connectivity index (χ2n) is 9.16. The molecule has 0 amide bonds. The van der Waals surface area contributed by atoms with Gasteiger partial charge in [-0.05, 0) is 62.9 Å². The lowest BCUT2D eigenvalue weighted by Crippen LogP contribution is -2.37. The Bertz CT molecular complexity index is 1360. The second kappa shape index (κ2) is 6.17. The minimum atomic E-state index is -0.552. The average molecular weight is 417 g/mol. The van der Waals surface area contributed by atoms with Gasteiger partial charge in [0.25, 0.3) is 0 Å². The standard InChI is InChI=1S/C24H25FN6/c1-13-28-29-23-24(2,3)27-21-19(25)11-17(18(12-26)22(21)31(13)23)15-5-4-6-20-16(15)9-10-30(20)14-7-8-14/h4-6,9-11,14,27H,7-8,12,26H2,1-3H3. The van der Waals surface area contributed by atoms with Crippen molar-refractivity contribution in [3.05, 3.63) is 59.6 Å². The van der Waals surface area contributed by atoms with Crippen molar-refractivity contribution in [2.75, 3.05) is 5.32 Å². The molecule has 3 heterocycles. The third-order valence-electron chi connectivity index (χ3n) is 6.60. The minimum absolute atomic E-state index is 0.275. The zero-order valence-electron chi connectivity index (χ0n) is 17.9. The zero-order chi connectivity index (χ0) is 21.5. The Kier molecular flexibility index (Phi) is 3.69. The molecule has 1 saturated carbocycles. The predicted octanol–water partition coefficient (Wildman–Crippen LogP) is 4.79. The first kappa shape index (κ1) is 18.6. The van der Waals surface area contributed by atoms with Crippen LogP contribution in [-0.4, -0.2) is 19.3 Å². The summed E-state index contributed by atoms with van der Waals surface area (Å²) in [4.78, 5) is 0. The highest BCUT2D eigenvalue weighted by Gasteiger charge is 2.37. The molecule has 31 heavy (non-hydrogen) atoms. The number of nitrogens with two attached hydrogens (primary N) is 1. The molecular weight excluding hydrogens is 391 g/mol. The third-order valence-corrected chi connectivity index (χ3v) is 6.60. The van der Waals surface area contributed by atoms with Gasteiger partial charge in [0.05, 0.1) is 16.9 Å². The number of aromatic nitrogens is 4. The fourth-order valence-corrected chi connectivity index (χ4v) is 4.99. The first-order valence-corrected chi connectivity index (χ1v) is 10.8. The van der Waals surface area contributed by atoms with E-state index in [0.717, 1.165) is 33.7 Å². The van der Waals surface area contributed by atoms with E-state index in [1.54, 1.807) is 6.07 Å². The van der Waals surface area contributed by atoms with Crippen LogP contribution in [0.2, 0.25) is 0 Å². The monoisotopic (exact) mass is 416 g/mol. The summed E-state index contributed by atoms with van der Waals surface area (Å²) in [5, 5.41) is 13.1. The molecular formula is C24H25FN6. The number of benzene rings is 2. The molecule has 0 spiro atoms. The quantitative estimate of drug-likeness (QED) is 0.504. The number of anilines is 1. The molecule has 7 heteroatoms. The number of halogens is 1. The number of fused-ring (bicyclic) bond motifs is 4. The summed E-state index contributed by atoms with van der Waals surface area (Å²) in [6.07, 6.45) is 4.58. The van der Waals surface area contributed by atoms with Crippen LogP contribution in [-0.2, 0) is 12.1 Å². The molecule has 158 valence electrons. The van der Waals surface area contributed by atoms with E-state index in [-0.39, 0.29) is 12.4 Å². The molecule has 1 aliphatic carbocycles. The molecule has 1 aliphatic heterocycles. The highest BCUT2D eigenvalue weighted by atomic mass is 19.1. The van der Waals surface area contributed by atoms with Crippen LogP contribution in [0.4, 0.5) is 10.1 Å². The maximum atomic E-state index is 15.6. The van der Waals surface area contributed by atoms with E-state index in [1.165, 1.54) is 18.4 Å². The van der Waals surface area contributed by atoms with Crippen molar-refractivity contribution >= 4 is 16.6 Å². The molecule has 2 aromatic heterocycles. The van der Waals surface area contributed by atoms with Crippen molar-refractivity contribution < 1.29 is 4.39 Å². The van der Waals surface area contributed by atoms with Gasteiger partial charge in [0.2, 0.25) is 0 Å². The molecule has 0 unspecified atom stereocenters. The number of nitrogens with zero attached hydrogens (tertiary/aromatic N) is 4. The second-order valence-corrected chi connectivity index (χ2v) is 9.16. The summed E-state index contributed by atoms with van der Waals surface area (Å²) >= 11 is 0. The molecule has 0 bridgehead atoms. The van der Waals surface area contributed by atoms with Gasteiger partial charge in [-0.25, -0.2) is 4.39 Å². The van der Waals surface area contributed by atoms with Crippen molar-refractivity contribution in [2.45, 2.75) is 51.7 Å². The van der Waals surface area contributed by atoms with Crippen LogP contribution in [0.15, 0.2) is 36.5 Å². The topological polar surface area (TPSA) is 73.7 Å². The van der Waals surface area contributed by atoms with Crippen molar-refractivity contribution in [3.63, 3.8) is 0 Å². The van der Waals surface area contributed by atoms with Crippen molar-refractivity contribution in [2.24, 2.45) is 5.73 Å². The van der Waals surface area contributed by atoms with Gasteiger partial charge in [-0.1, -0.05) is 12.1 Å². The van der Waals surface area contributed by atoms with Crippen LogP contribution in [0.25, 0.3) is 27.7 Å². The molecule has 0 atom stereocenters. The van der Waals surface area contributed by atoms with Gasteiger partial charge in [-0.3, -0.25) is 4.57 Å². The van der Waals surface area contributed by atoms with Crippen LogP contribution >= 0.6 is 0 Å². The fraction of sp³-hybridized carbons (Fsp3) is 0.333. The van der Waals surface area contributed by atoms with Gasteiger partial charge in [0.1, 0.15) is 11.6 Å². The van der Waals surface area contributed by atoms with Gasteiger partial charge >= 0.3 is 0 Å². The van der Waals surface area contributed by atoms with E-state index in [4.69, 9.17) is 5.73 Å². The fourth-order valence-electron chi connectivity index (χ4n) is 4.99. The van der Waals surface area contributed by atoms with Crippen LogP contribution < -0.4 is 11.1 Å². The lowest BCUT2D eigenvalue weighted by Gasteiger charge is -2.35. The van der Waals surface area contributed by atoms with Crippen molar-refractivity contribution in [1.82, 2.24) is 19.3 Å². The van der Waals surface area contributed by atoms with Gasteiger partial charge in [-0.2, -0.15) is 0 Å². The highest BCUT2D eigenvalue weighted by Crippen LogP contribution is 2.45. The Labute approximate surface area is 179 Å². The number of hydrogen-bond acceptors (Lipinski definition) is 4. The van der Waals surface area contributed by atoms with Gasteiger partial charge in [-0.15, -0.1) is 10.2 Å². The average Bonchev–Trinajstić information content (AvgIpc) is 3.36. The number of hydrogen-bond donors (Lipinski definition) is 2. The van der Waals surface area contributed by atoms with E-state index in [2.05, 4.69) is 44.5 Å². The lowest BCUT2D eigenvalue weighted by molar-refractivity contribution is 0.521. The van der Waals surface area contributed by atoms with E-state index >= 15 is 4.39 Å². The van der Waals surface area contributed by atoms with E-state index in [9.17, 15) is 0 Å². The smallest absolute Gasteiger partial charge is 0.162 e. The first-order valence-electron chi connectivity index (χ1n) is 10.8. The molecule has 0 radical (unpaired) electrons. The summed E-state index contributed by atoms with van der Waals surface area (Å²) < 4.78 is 19.9. The van der Waals surface area contributed by atoms with Crippen LogP contribution in [0.5, 0.6) is 0 Å². The lowest BCUT2D eigenvalue weighted by atomic mass is 9.91. The summed E-state index contributed by atoms with van der Waals surface area (Å²) in [5.74, 6) is 1.17. The van der Waals surface area contributed by atoms with Crippen LogP contribution in [0.1, 0.15) is 49.9 Å². The molecule has 2 aliphatic rings. The molecule has 1 fully saturated rings. The molecule has 0 saturated heterocycles. The number of aryl methyl sites for hydroxylation is 1. The van der Waals surface area contributed by atoms with Gasteiger partial charge < -0.3 is 15.6 Å². The van der Waals surface area contributed by atoms with Gasteiger partial charge in [0, 0.05) is 35.2 Å². The number of rotatable bonds is 3. The number of nitrogens with one attached hydrogen (secondary N) is 1. The Morgan fingerprint density at radius 2 is 2.00 bits per heavy atom. The summed E-state index contributed by atoms with van der Waals surface area (Å²) in [6.45, 7) is 6.12. The highest BCUT2D eigenvalue weighted by molar-refractivity contribution is 5.98. The van der Waals surface area contributed by atoms with Crippen LogP contribution in [0.3, 0.4) is 0 Å². The molecule has 6 nitrogen and oxygen atoms in total. The molecule has 2 aromatic carbocycles. The summed E-state index contributed by atoms with van der Waals surface area (Å²) in [5.41, 5.74) is 10.8. The normalized spacial score (nSPS) is 16.8. The third kappa shape index (κ3) is 2.53. The Balaban J connectivity index is 1.66. The Morgan fingerprint density at radius 3 is 2.74 bits per heavy atom. The zero-order valence-corrected chi connectivity index (χ0v) is 17.9. The summed E-state index contributed by atoms with van der Waals surface area (Å²) in [7, 11) is 0. The Morgan fingerprint density at radius 1 is 1.19 bits per heavy atom. The largest absolute Gasteiger partial charge is 0.369 e. The maximum absolute atomic E-state index is 15.6. The SMILES string of the molecule is Cc1nnc2n1-c1c(CN)c(-c3cccc4c3ccn4C3CC3)cc(F)c1NC2(C)C. The predicted molar refractivity (Wildman–Crippen MR) is 120 cm³/mol. The van der Waals surface area contributed by atoms with E-state index in [0.29, 0.717) is 17.4 Å². The maximum Gasteiger partial charge on any atom is 0.162 e. The summed E-state index contributed by atoms with van der Waals surface area (Å²) in [6, 6.07) is 10.6. The minimum Gasteiger partial charge on any atom is -0.369 e. The Hall–Kier alpha value is -3.19. The van der Waals surface area contributed by atoms with E-state index in [1.807, 2.05) is 31.4 Å². The van der Waals surface area contributed by atoms with Crippen molar-refractivity contribution in [3.8, 4) is 16.8 Å². The molecule has 4 aromatic rings. The molecule has 6 rings (SSSR count).